The number of hydrogen-bond acceptors (Lipinski definition) is 6. The zero-order valence-corrected chi connectivity index (χ0v) is 31.8. The van der Waals surface area contributed by atoms with Gasteiger partial charge >= 0.3 is 0 Å². The zero-order chi connectivity index (χ0) is 38.2. The van der Waals surface area contributed by atoms with Gasteiger partial charge in [0.2, 0.25) is 0 Å². The number of benzene rings is 7. The van der Waals surface area contributed by atoms with Crippen molar-refractivity contribution in [1.29, 1.82) is 0 Å². The molecule has 15 rings (SSSR count). The first kappa shape index (κ1) is 32.0. The van der Waals surface area contributed by atoms with Crippen molar-refractivity contribution in [2.24, 2.45) is 0 Å². The second-order valence-corrected chi connectivity index (χ2v) is 15.8. The Bertz CT molecular complexity index is 2790. The van der Waals surface area contributed by atoms with Crippen LogP contribution < -0.4 is 9.47 Å². The van der Waals surface area contributed by atoms with E-state index in [1.807, 2.05) is 24.3 Å². The lowest BCUT2D eigenvalue weighted by molar-refractivity contribution is 0.416. The highest BCUT2D eigenvalue weighted by Gasteiger charge is 2.46. The molecule has 9 aromatic rings. The highest BCUT2D eigenvalue weighted by molar-refractivity contribution is 6.18. The van der Waals surface area contributed by atoms with E-state index in [9.17, 15) is 0 Å². The summed E-state index contributed by atoms with van der Waals surface area (Å²) < 4.78 is 12.3. The molecule has 0 aliphatic heterocycles. The maximum atomic E-state index is 6.14. The van der Waals surface area contributed by atoms with Crippen LogP contribution in [0.3, 0.4) is 0 Å². The van der Waals surface area contributed by atoms with E-state index < -0.39 is 0 Å². The number of nitrogens with zero attached hydrogens (tertiary/aromatic N) is 4. The molecule has 6 aliphatic carbocycles. The summed E-state index contributed by atoms with van der Waals surface area (Å²) in [6.07, 6.45) is 0. The van der Waals surface area contributed by atoms with Crippen LogP contribution in [0.2, 0.25) is 0 Å². The number of rotatable bonds is 4. The molecule has 0 fully saturated rings. The Kier molecular flexibility index (Phi) is 6.44. The van der Waals surface area contributed by atoms with Crippen LogP contribution in [0.4, 0.5) is 0 Å². The molecule has 0 spiro atoms. The van der Waals surface area contributed by atoms with Crippen LogP contribution in [0.25, 0.3) is 44.3 Å². The molecule has 0 amide bonds. The SMILES string of the molecule is COc1ccccc1-c1c2nc3c(nc2c(-c2ccccc2OC)c2nc4c(nc12)C1c2ccccc2C4c2ccccc21)C1c2ccccc2C3c2ccccc21. The molecule has 0 unspecified atom stereocenters. The van der Waals surface area contributed by atoms with Crippen LogP contribution >= 0.6 is 0 Å². The van der Waals surface area contributed by atoms with Crippen molar-refractivity contribution >= 4 is 22.1 Å². The standard InChI is InChI=1S/C52H34N4O2/c1-57-37-25-13-11-23-35(37)43-49-51(55-47-41-31-19-7-3-15-27(31)39(45(47)53-49)28-16-4-8-20-32(28)41)44(36-24-12-14-26-38(36)58-2)52-50(43)54-46-40-29-17-5-9-21-33(29)42(48(46)56-52)34-22-10-6-18-30(34)40/h3-26,39-42H,1-2H3. The average molecular weight is 747 g/mol. The molecule has 0 N–H and O–H groups in total. The van der Waals surface area contributed by atoms with Gasteiger partial charge in [-0.15, -0.1) is 0 Å². The van der Waals surface area contributed by atoms with Crippen molar-refractivity contribution in [3.63, 3.8) is 0 Å². The van der Waals surface area contributed by atoms with Gasteiger partial charge in [-0.25, -0.2) is 19.9 Å². The third-order valence-corrected chi connectivity index (χ3v) is 13.2. The summed E-state index contributed by atoms with van der Waals surface area (Å²) in [5.41, 5.74) is 20.9. The lowest BCUT2D eigenvalue weighted by atomic mass is 9.64. The minimum absolute atomic E-state index is 0.0569. The van der Waals surface area contributed by atoms with Gasteiger partial charge < -0.3 is 9.47 Å². The van der Waals surface area contributed by atoms with Gasteiger partial charge in [-0.1, -0.05) is 133 Å². The normalized spacial score (nSPS) is 18.5. The van der Waals surface area contributed by atoms with Crippen LogP contribution in [0.5, 0.6) is 11.5 Å². The first-order chi connectivity index (χ1) is 28.7. The molecule has 2 aromatic heterocycles. The molecule has 58 heavy (non-hydrogen) atoms. The topological polar surface area (TPSA) is 70.0 Å². The molecule has 7 aromatic carbocycles. The second-order valence-electron chi connectivity index (χ2n) is 15.8. The van der Waals surface area contributed by atoms with Crippen molar-refractivity contribution in [1.82, 2.24) is 19.9 Å². The number of ether oxygens (including phenoxy) is 2. The van der Waals surface area contributed by atoms with Gasteiger partial charge in [0, 0.05) is 22.3 Å². The Morgan fingerprint density at radius 1 is 0.310 bits per heavy atom. The molecule has 0 saturated heterocycles. The van der Waals surface area contributed by atoms with E-state index in [0.717, 1.165) is 78.6 Å². The van der Waals surface area contributed by atoms with Gasteiger partial charge in [0.05, 0.1) is 82.7 Å². The molecule has 4 bridgehead atoms. The smallest absolute Gasteiger partial charge is 0.126 e. The molecule has 0 atom stereocenters. The lowest BCUT2D eigenvalue weighted by Gasteiger charge is -2.41. The van der Waals surface area contributed by atoms with E-state index in [1.54, 1.807) is 14.2 Å². The predicted molar refractivity (Wildman–Crippen MR) is 226 cm³/mol. The average Bonchev–Trinajstić information content (AvgIpc) is 3.29. The quantitative estimate of drug-likeness (QED) is 0.167. The fourth-order valence-electron chi connectivity index (χ4n) is 10.9. The molecule has 6 nitrogen and oxygen atoms in total. The second kappa shape index (κ2) is 11.7. The van der Waals surface area contributed by atoms with Gasteiger partial charge in [0.1, 0.15) is 11.5 Å². The van der Waals surface area contributed by atoms with Crippen LogP contribution in [0.15, 0.2) is 146 Å². The molecular formula is C52H34N4O2. The Morgan fingerprint density at radius 3 is 0.776 bits per heavy atom. The number of methoxy groups -OCH3 is 2. The molecule has 274 valence electrons. The largest absolute Gasteiger partial charge is 0.496 e. The minimum Gasteiger partial charge on any atom is -0.496 e. The van der Waals surface area contributed by atoms with Gasteiger partial charge in [-0.2, -0.15) is 0 Å². The van der Waals surface area contributed by atoms with E-state index >= 15 is 0 Å². The molecule has 6 heteroatoms. The summed E-state index contributed by atoms with van der Waals surface area (Å²) in [4.78, 5) is 23.4. The number of para-hydroxylation sites is 2. The highest BCUT2D eigenvalue weighted by atomic mass is 16.5. The van der Waals surface area contributed by atoms with Gasteiger partial charge in [-0.05, 0) is 56.6 Å². The monoisotopic (exact) mass is 746 g/mol. The summed E-state index contributed by atoms with van der Waals surface area (Å²) in [5, 5.41) is 0. The first-order valence-corrected chi connectivity index (χ1v) is 19.9. The summed E-state index contributed by atoms with van der Waals surface area (Å²) in [7, 11) is 3.46. The number of fused-ring (bicyclic) bond motifs is 2. The van der Waals surface area contributed by atoms with Crippen LogP contribution in [0, 0.1) is 0 Å². The Balaban J connectivity index is 1.23. The number of aromatic nitrogens is 4. The molecule has 2 heterocycles. The van der Waals surface area contributed by atoms with Gasteiger partial charge in [0.15, 0.2) is 0 Å². The fourth-order valence-corrected chi connectivity index (χ4v) is 10.9. The van der Waals surface area contributed by atoms with E-state index in [2.05, 4.69) is 121 Å². The molecule has 0 radical (unpaired) electrons. The van der Waals surface area contributed by atoms with E-state index in [-0.39, 0.29) is 23.7 Å². The molecule has 6 aliphatic rings. The Morgan fingerprint density at radius 2 is 0.534 bits per heavy atom. The zero-order valence-electron chi connectivity index (χ0n) is 31.8. The van der Waals surface area contributed by atoms with Crippen LogP contribution in [-0.4, -0.2) is 34.2 Å². The van der Waals surface area contributed by atoms with Crippen molar-refractivity contribution in [3.8, 4) is 33.8 Å². The lowest BCUT2D eigenvalue weighted by Crippen LogP contribution is -2.30. The molecular weight excluding hydrogens is 713 g/mol. The third kappa shape index (κ3) is 4.01. The fraction of sp³-hybridized carbons (Fsp3) is 0.115. The van der Waals surface area contributed by atoms with E-state index in [1.165, 1.54) is 44.5 Å². The first-order valence-electron chi connectivity index (χ1n) is 19.9. The summed E-state index contributed by atoms with van der Waals surface area (Å²) in [6.45, 7) is 0. The predicted octanol–water partition coefficient (Wildman–Crippen LogP) is 10.9. The van der Waals surface area contributed by atoms with E-state index in [4.69, 9.17) is 29.4 Å². The summed E-state index contributed by atoms with van der Waals surface area (Å²) in [5.74, 6) is 1.25. The van der Waals surface area contributed by atoms with Crippen LogP contribution in [-0.2, 0) is 0 Å². The minimum atomic E-state index is -0.0569. The summed E-state index contributed by atoms with van der Waals surface area (Å²) in [6, 6.07) is 51.7. The highest BCUT2D eigenvalue weighted by Crippen LogP contribution is 2.58. The van der Waals surface area contributed by atoms with Crippen molar-refractivity contribution in [3.05, 3.63) is 213 Å². The van der Waals surface area contributed by atoms with Crippen molar-refractivity contribution < 1.29 is 9.47 Å². The van der Waals surface area contributed by atoms with Crippen molar-refractivity contribution in [2.75, 3.05) is 14.2 Å². The van der Waals surface area contributed by atoms with Gasteiger partial charge in [0.25, 0.3) is 0 Å². The summed E-state index contributed by atoms with van der Waals surface area (Å²) >= 11 is 0. The maximum absolute atomic E-state index is 6.14. The third-order valence-electron chi connectivity index (χ3n) is 13.2. The van der Waals surface area contributed by atoms with Crippen molar-refractivity contribution in [2.45, 2.75) is 23.7 Å². The molecule has 0 saturated carbocycles. The van der Waals surface area contributed by atoms with E-state index in [0.29, 0.717) is 0 Å². The Hall–Kier alpha value is -7.18. The van der Waals surface area contributed by atoms with Gasteiger partial charge in [-0.3, -0.25) is 0 Å². The van der Waals surface area contributed by atoms with Crippen LogP contribution in [0.1, 0.15) is 91.0 Å². The maximum Gasteiger partial charge on any atom is 0.126 e. The number of hydrogen-bond donors (Lipinski definition) is 0. The Labute approximate surface area is 334 Å².